The van der Waals surface area contributed by atoms with Crippen molar-refractivity contribution in [3.63, 3.8) is 0 Å². The summed E-state index contributed by atoms with van der Waals surface area (Å²) in [7, 11) is 0. The molecular formula is C20H25WY2-5. The third-order valence-electron chi connectivity index (χ3n) is 2.59. The average Bonchev–Trinajstić information content (AvgIpc) is 2.53. The minimum Gasteiger partial charge on any atom is -0.346 e. The Morgan fingerprint density at radius 3 is 1.26 bits per heavy atom. The normalized spacial score (nSPS) is 7.91. The topological polar surface area (TPSA) is 0 Å². The average molecular weight is 627 g/mol. The van der Waals surface area contributed by atoms with Gasteiger partial charge in [-0.15, -0.1) is 0 Å². The first-order valence-electron chi connectivity index (χ1n) is 6.97. The maximum atomic E-state index is 3.25. The third kappa shape index (κ3) is 16.5. The second-order valence-electron chi connectivity index (χ2n) is 4.13. The van der Waals surface area contributed by atoms with Gasteiger partial charge in [-0.3, -0.25) is 0 Å². The molecule has 23 heavy (non-hydrogen) atoms. The summed E-state index contributed by atoms with van der Waals surface area (Å²) in [6.07, 6.45) is 2.10. The van der Waals surface area contributed by atoms with E-state index in [0.717, 1.165) is 12.8 Å². The fraction of sp³-hybridized carbons (Fsp3) is 0.250. The maximum absolute atomic E-state index is 3.25. The van der Waals surface area contributed by atoms with Crippen LogP contribution in [-0.4, -0.2) is 0 Å². The second-order valence-corrected chi connectivity index (χ2v) is 4.13. The molecule has 0 spiro atoms. The van der Waals surface area contributed by atoms with Gasteiger partial charge >= 0.3 is 0 Å². The van der Waals surface area contributed by atoms with Crippen molar-refractivity contribution in [2.45, 2.75) is 33.6 Å². The van der Waals surface area contributed by atoms with E-state index >= 15 is 0 Å². The Kier molecular flexibility index (Phi) is 32.5. The van der Waals surface area contributed by atoms with Gasteiger partial charge in [0.25, 0.3) is 0 Å². The smallest absolute Gasteiger partial charge is 0 e. The molecule has 0 aliphatic heterocycles. The molecular weight excluding hydrogens is 602 g/mol. The molecule has 2 radical (unpaired) electrons. The Labute approximate surface area is 209 Å². The van der Waals surface area contributed by atoms with Crippen LogP contribution in [0, 0.1) is 31.9 Å². The molecule has 0 N–H and O–H groups in total. The molecule has 0 bridgehead atoms. The Morgan fingerprint density at radius 1 is 0.739 bits per heavy atom. The zero-order chi connectivity index (χ0) is 15.2. The molecule has 0 nitrogen and oxygen atoms in total. The van der Waals surface area contributed by atoms with Crippen molar-refractivity contribution in [2.75, 3.05) is 0 Å². The second kappa shape index (κ2) is 23.3. The zero-order valence-corrected chi connectivity index (χ0v) is 23.1. The summed E-state index contributed by atoms with van der Waals surface area (Å²) in [6, 6.07) is 22.5. The van der Waals surface area contributed by atoms with Crippen LogP contribution in [0.4, 0.5) is 0 Å². The molecule has 2 rings (SSSR count). The molecule has 0 saturated heterocycles. The minimum absolute atomic E-state index is 0. The van der Waals surface area contributed by atoms with E-state index in [1.54, 1.807) is 13.8 Å². The van der Waals surface area contributed by atoms with Crippen LogP contribution < -0.4 is 0 Å². The number of hydrogen-bond acceptors (Lipinski definition) is 0. The molecule has 0 amide bonds. The van der Waals surface area contributed by atoms with Crippen molar-refractivity contribution in [3.05, 3.63) is 91.6 Å². The van der Waals surface area contributed by atoms with Crippen LogP contribution in [0.3, 0.4) is 0 Å². The van der Waals surface area contributed by atoms with Gasteiger partial charge in [0.1, 0.15) is 0 Å². The van der Waals surface area contributed by atoms with Gasteiger partial charge in [-0.1, -0.05) is 0 Å². The SMILES string of the molecule is C[C-](Cc1cc[c-]cc1)Cc1cc[c-]cc1.[CH2-]C.[CH2-]C.[W].[Y].[Y]. The van der Waals surface area contributed by atoms with Gasteiger partial charge in [-0.2, -0.15) is 105 Å². The molecule has 0 aromatic heterocycles. The van der Waals surface area contributed by atoms with E-state index in [1.165, 1.54) is 17.0 Å². The molecule has 0 fully saturated rings. The summed E-state index contributed by atoms with van der Waals surface area (Å²) >= 11 is 0. The molecule has 122 valence electrons. The largest absolute Gasteiger partial charge is 0.346 e. The summed E-state index contributed by atoms with van der Waals surface area (Å²) in [4.78, 5) is 0. The fourth-order valence-electron chi connectivity index (χ4n) is 1.84. The molecule has 0 saturated carbocycles. The number of rotatable bonds is 4. The summed E-state index contributed by atoms with van der Waals surface area (Å²) in [5.41, 5.74) is 2.72. The van der Waals surface area contributed by atoms with Crippen molar-refractivity contribution >= 4 is 0 Å². The Hall–Kier alpha value is 1.34. The van der Waals surface area contributed by atoms with E-state index < -0.39 is 0 Å². The van der Waals surface area contributed by atoms with Crippen molar-refractivity contribution in [1.82, 2.24) is 0 Å². The molecule has 0 aliphatic carbocycles. The van der Waals surface area contributed by atoms with Crippen LogP contribution in [0.2, 0.25) is 0 Å². The van der Waals surface area contributed by atoms with Crippen LogP contribution >= 0.6 is 0 Å². The molecule has 2 aromatic carbocycles. The number of benzene rings is 2. The predicted molar refractivity (Wildman–Crippen MR) is 88.9 cm³/mol. The summed E-state index contributed by atoms with van der Waals surface area (Å²) < 4.78 is 0. The van der Waals surface area contributed by atoms with Gasteiger partial charge in [-0.25, -0.2) is 0 Å². The molecule has 0 aliphatic rings. The van der Waals surface area contributed by atoms with Crippen molar-refractivity contribution < 1.29 is 86.5 Å². The molecule has 0 unspecified atom stereocenters. The van der Waals surface area contributed by atoms with E-state index in [0.29, 0.717) is 0 Å². The monoisotopic (exact) mass is 627 g/mol. The zero-order valence-electron chi connectivity index (χ0n) is 14.5. The van der Waals surface area contributed by atoms with E-state index in [1.807, 2.05) is 24.3 Å². The first-order chi connectivity index (χ1) is 9.84. The molecule has 2 aromatic rings. The fourth-order valence-corrected chi connectivity index (χ4v) is 1.84. The third-order valence-corrected chi connectivity index (χ3v) is 2.59. The first kappa shape index (κ1) is 32.0. The van der Waals surface area contributed by atoms with E-state index in [2.05, 4.69) is 57.2 Å². The van der Waals surface area contributed by atoms with Gasteiger partial charge in [0.2, 0.25) is 0 Å². The Balaban J connectivity index is -0.000000240. The Morgan fingerprint density at radius 2 is 1.00 bits per heavy atom. The Bertz CT molecular complexity index is 377. The van der Waals surface area contributed by atoms with Crippen LogP contribution in [0.5, 0.6) is 0 Å². The van der Waals surface area contributed by atoms with Crippen molar-refractivity contribution in [2.24, 2.45) is 0 Å². The molecule has 0 atom stereocenters. The van der Waals surface area contributed by atoms with Crippen molar-refractivity contribution in [1.29, 1.82) is 0 Å². The van der Waals surface area contributed by atoms with Gasteiger partial charge in [0.15, 0.2) is 0 Å². The van der Waals surface area contributed by atoms with E-state index in [-0.39, 0.29) is 86.5 Å². The van der Waals surface area contributed by atoms with Crippen LogP contribution in [0.1, 0.15) is 31.9 Å². The van der Waals surface area contributed by atoms with Crippen LogP contribution in [0.25, 0.3) is 0 Å². The van der Waals surface area contributed by atoms with E-state index in [4.69, 9.17) is 0 Å². The standard InChI is InChI=1S/C16H15.2C2H5.W.2Y/c1-14(12-15-8-4-2-5-9-15)13-16-10-6-3-7-11-16;2*1-2;;;/h4-11H,12-13H2,1H3;2*1H2,2H3;;;/q-3;2*-1;;;. The van der Waals surface area contributed by atoms with Gasteiger partial charge in [0.05, 0.1) is 0 Å². The minimum atomic E-state index is 0. The van der Waals surface area contributed by atoms with Gasteiger partial charge < -0.3 is 19.8 Å². The predicted octanol–water partition coefficient (Wildman–Crippen LogP) is 5.34. The summed E-state index contributed by atoms with van der Waals surface area (Å²) in [5.74, 6) is 1.48. The molecule has 0 heterocycles. The quantitative estimate of drug-likeness (QED) is 0.402. The summed E-state index contributed by atoms with van der Waals surface area (Å²) in [5, 5.41) is 0. The van der Waals surface area contributed by atoms with Crippen LogP contribution in [0.15, 0.2) is 48.5 Å². The maximum Gasteiger partial charge on any atom is 0 e. The van der Waals surface area contributed by atoms with Crippen molar-refractivity contribution in [3.8, 4) is 0 Å². The van der Waals surface area contributed by atoms with Gasteiger partial charge in [0, 0.05) is 86.5 Å². The summed E-state index contributed by atoms with van der Waals surface area (Å²) in [6.45, 7) is 12.2. The number of hydrogen-bond donors (Lipinski definition) is 0. The molecule has 3 heteroatoms. The van der Waals surface area contributed by atoms with Crippen LogP contribution in [-0.2, 0) is 99.3 Å². The first-order valence-corrected chi connectivity index (χ1v) is 6.97. The van der Waals surface area contributed by atoms with Gasteiger partial charge in [-0.05, 0) is 0 Å². The van der Waals surface area contributed by atoms with E-state index in [9.17, 15) is 0 Å².